The number of nitrogens with one attached hydrogen (secondary N) is 3. The minimum Gasteiger partial charge on any atom is -0.334 e. The predicted molar refractivity (Wildman–Crippen MR) is 103 cm³/mol. The van der Waals surface area contributed by atoms with Crippen LogP contribution >= 0.6 is 11.6 Å². The molecule has 27 heavy (non-hydrogen) atoms. The van der Waals surface area contributed by atoms with Crippen LogP contribution in [0.1, 0.15) is 31.4 Å². The number of anilines is 2. The van der Waals surface area contributed by atoms with E-state index in [2.05, 4.69) is 25.9 Å². The molecule has 9 heteroatoms. The van der Waals surface area contributed by atoms with E-state index >= 15 is 0 Å². The molecule has 1 aromatic carbocycles. The SMILES string of the molecule is Cc1cnc(NC(=O)Nc2cc(Cl)ccc2OO[C@@H]2CCCCCN2)cn1. The average molecular weight is 392 g/mol. The molecule has 2 amide bonds. The summed E-state index contributed by atoms with van der Waals surface area (Å²) in [5.41, 5.74) is 1.14. The Hall–Kier alpha value is -2.42. The van der Waals surface area contributed by atoms with Crippen LogP contribution in [0.2, 0.25) is 5.02 Å². The molecule has 1 fully saturated rings. The molecular weight excluding hydrogens is 370 g/mol. The topological polar surface area (TPSA) is 97.4 Å². The first-order valence-corrected chi connectivity index (χ1v) is 9.21. The summed E-state index contributed by atoms with van der Waals surface area (Å²) in [6.07, 6.45) is 7.09. The lowest BCUT2D eigenvalue weighted by atomic mass is 10.2. The maximum Gasteiger partial charge on any atom is 0.325 e. The van der Waals surface area contributed by atoms with Gasteiger partial charge in [0, 0.05) is 5.02 Å². The Balaban J connectivity index is 1.62. The van der Waals surface area contributed by atoms with Crippen LogP contribution in [-0.4, -0.2) is 28.8 Å². The van der Waals surface area contributed by atoms with E-state index in [4.69, 9.17) is 21.4 Å². The molecule has 1 aliphatic heterocycles. The minimum atomic E-state index is -0.493. The van der Waals surface area contributed by atoms with Crippen LogP contribution in [0.25, 0.3) is 0 Å². The number of aryl methyl sites for hydroxylation is 1. The smallest absolute Gasteiger partial charge is 0.325 e. The normalized spacial score (nSPS) is 17.0. The van der Waals surface area contributed by atoms with Crippen molar-refractivity contribution in [3.8, 4) is 5.75 Å². The van der Waals surface area contributed by atoms with E-state index in [9.17, 15) is 4.79 Å². The Morgan fingerprint density at radius 1 is 1.22 bits per heavy atom. The van der Waals surface area contributed by atoms with Crippen molar-refractivity contribution in [3.63, 3.8) is 0 Å². The van der Waals surface area contributed by atoms with Gasteiger partial charge in [0.15, 0.2) is 17.8 Å². The van der Waals surface area contributed by atoms with Crippen molar-refractivity contribution >= 4 is 29.1 Å². The Kier molecular flexibility index (Phi) is 6.80. The lowest BCUT2D eigenvalue weighted by Gasteiger charge is -2.17. The van der Waals surface area contributed by atoms with Gasteiger partial charge in [-0.15, -0.1) is 0 Å². The van der Waals surface area contributed by atoms with Gasteiger partial charge in [-0.2, -0.15) is 4.89 Å². The molecule has 144 valence electrons. The number of hydrogen-bond acceptors (Lipinski definition) is 6. The quantitative estimate of drug-likeness (QED) is 0.528. The fraction of sp³-hybridized carbons (Fsp3) is 0.389. The highest BCUT2D eigenvalue weighted by Crippen LogP contribution is 2.29. The monoisotopic (exact) mass is 391 g/mol. The third-order valence-corrected chi connectivity index (χ3v) is 4.22. The van der Waals surface area contributed by atoms with Gasteiger partial charge in [0.1, 0.15) is 0 Å². The maximum atomic E-state index is 12.2. The minimum absolute atomic E-state index is 0.187. The van der Waals surface area contributed by atoms with Gasteiger partial charge in [-0.25, -0.2) is 9.78 Å². The van der Waals surface area contributed by atoms with Crippen molar-refractivity contribution < 1.29 is 14.6 Å². The number of aromatic nitrogens is 2. The number of amides is 2. The van der Waals surface area contributed by atoms with Gasteiger partial charge >= 0.3 is 6.03 Å². The summed E-state index contributed by atoms with van der Waals surface area (Å²) in [5.74, 6) is 0.692. The molecule has 0 unspecified atom stereocenters. The highest BCUT2D eigenvalue weighted by atomic mass is 35.5. The Morgan fingerprint density at radius 2 is 2.11 bits per heavy atom. The van der Waals surface area contributed by atoms with E-state index in [0.717, 1.165) is 31.5 Å². The van der Waals surface area contributed by atoms with E-state index < -0.39 is 6.03 Å². The zero-order valence-corrected chi connectivity index (χ0v) is 15.8. The summed E-state index contributed by atoms with van der Waals surface area (Å²) in [6.45, 7) is 2.70. The lowest BCUT2D eigenvalue weighted by molar-refractivity contribution is -0.253. The average Bonchev–Trinajstić information content (AvgIpc) is 2.92. The van der Waals surface area contributed by atoms with Crippen LogP contribution in [0.5, 0.6) is 5.75 Å². The van der Waals surface area contributed by atoms with E-state index in [1.807, 2.05) is 6.92 Å². The fourth-order valence-electron chi connectivity index (χ4n) is 2.59. The van der Waals surface area contributed by atoms with Crippen molar-refractivity contribution in [2.75, 3.05) is 17.2 Å². The molecule has 0 spiro atoms. The Labute approximate surface area is 162 Å². The molecule has 1 atom stereocenters. The molecule has 0 radical (unpaired) electrons. The molecule has 0 aliphatic carbocycles. The van der Waals surface area contributed by atoms with Crippen LogP contribution in [-0.2, 0) is 4.89 Å². The molecule has 0 saturated carbocycles. The number of urea groups is 1. The van der Waals surface area contributed by atoms with Gasteiger partial charge in [0.2, 0.25) is 0 Å². The van der Waals surface area contributed by atoms with Gasteiger partial charge in [-0.3, -0.25) is 15.6 Å². The van der Waals surface area contributed by atoms with Crippen molar-refractivity contribution in [3.05, 3.63) is 41.3 Å². The zero-order valence-electron chi connectivity index (χ0n) is 15.0. The first kappa shape index (κ1) is 19.3. The summed E-state index contributed by atoms with van der Waals surface area (Å²) in [7, 11) is 0. The Bertz CT molecular complexity index is 764. The summed E-state index contributed by atoms with van der Waals surface area (Å²) < 4.78 is 0. The molecule has 3 N–H and O–H groups in total. The predicted octanol–water partition coefficient (Wildman–Crippen LogP) is 3.88. The highest BCUT2D eigenvalue weighted by molar-refractivity contribution is 6.31. The maximum absolute atomic E-state index is 12.2. The molecule has 1 aliphatic rings. The second-order valence-corrected chi connectivity index (χ2v) is 6.67. The standard InChI is InChI=1S/C18H22ClN5O3/c1-12-10-22-16(11-21-12)24-18(25)23-14-9-13(19)6-7-15(14)26-27-17-5-3-2-4-8-20-17/h6-7,9-11,17,20H,2-5,8H2,1H3,(H2,22,23,24,25)/t17-/m1/s1. The van der Waals surface area contributed by atoms with E-state index in [0.29, 0.717) is 22.3 Å². The summed E-state index contributed by atoms with van der Waals surface area (Å²) >= 11 is 6.05. The summed E-state index contributed by atoms with van der Waals surface area (Å²) in [6, 6.07) is 4.39. The van der Waals surface area contributed by atoms with Crippen molar-refractivity contribution in [2.45, 2.75) is 38.8 Å². The van der Waals surface area contributed by atoms with Crippen molar-refractivity contribution in [2.24, 2.45) is 0 Å². The largest absolute Gasteiger partial charge is 0.334 e. The van der Waals surface area contributed by atoms with Crippen LogP contribution in [0.15, 0.2) is 30.6 Å². The summed E-state index contributed by atoms with van der Waals surface area (Å²) in [4.78, 5) is 31.4. The van der Waals surface area contributed by atoms with Gasteiger partial charge < -0.3 is 10.2 Å². The number of hydrogen-bond donors (Lipinski definition) is 3. The zero-order chi connectivity index (χ0) is 19.1. The van der Waals surface area contributed by atoms with Crippen molar-refractivity contribution in [1.82, 2.24) is 15.3 Å². The van der Waals surface area contributed by atoms with E-state index in [1.54, 1.807) is 24.4 Å². The molecule has 2 heterocycles. The first-order chi connectivity index (χ1) is 13.1. The molecule has 1 saturated heterocycles. The number of nitrogens with zero attached hydrogens (tertiary/aromatic N) is 2. The lowest BCUT2D eigenvalue weighted by Crippen LogP contribution is -2.32. The molecule has 2 aromatic rings. The second kappa shape index (κ2) is 9.50. The van der Waals surface area contributed by atoms with E-state index in [-0.39, 0.29) is 6.23 Å². The fourth-order valence-corrected chi connectivity index (χ4v) is 2.76. The summed E-state index contributed by atoms with van der Waals surface area (Å²) in [5, 5.41) is 9.02. The second-order valence-electron chi connectivity index (χ2n) is 6.23. The highest BCUT2D eigenvalue weighted by Gasteiger charge is 2.16. The van der Waals surface area contributed by atoms with Crippen LogP contribution in [0.3, 0.4) is 0 Å². The van der Waals surface area contributed by atoms with Crippen LogP contribution in [0.4, 0.5) is 16.3 Å². The third kappa shape index (κ3) is 6.06. The number of rotatable bonds is 5. The Morgan fingerprint density at radius 3 is 2.93 bits per heavy atom. The van der Waals surface area contributed by atoms with Crippen molar-refractivity contribution in [1.29, 1.82) is 0 Å². The third-order valence-electron chi connectivity index (χ3n) is 3.98. The van der Waals surface area contributed by atoms with Gasteiger partial charge in [-0.1, -0.05) is 18.0 Å². The molecule has 1 aromatic heterocycles. The van der Waals surface area contributed by atoms with Crippen LogP contribution in [0, 0.1) is 6.92 Å². The van der Waals surface area contributed by atoms with E-state index in [1.165, 1.54) is 12.6 Å². The van der Waals surface area contributed by atoms with Gasteiger partial charge in [-0.05, 0) is 50.9 Å². The molecule has 8 nitrogen and oxygen atoms in total. The first-order valence-electron chi connectivity index (χ1n) is 8.83. The van der Waals surface area contributed by atoms with Crippen LogP contribution < -0.4 is 20.8 Å². The molecular formula is C18H22ClN5O3. The number of carbonyl (C=O) groups excluding carboxylic acids is 1. The number of halogens is 1. The van der Waals surface area contributed by atoms with Gasteiger partial charge in [0.05, 0.1) is 23.8 Å². The molecule has 3 rings (SSSR count). The van der Waals surface area contributed by atoms with Gasteiger partial charge in [0.25, 0.3) is 0 Å². The number of benzene rings is 1. The molecule has 0 bridgehead atoms. The number of carbonyl (C=O) groups is 1.